The zero-order valence-corrected chi connectivity index (χ0v) is 19.7. The molecule has 0 aliphatic carbocycles. The van der Waals surface area contributed by atoms with Gasteiger partial charge in [-0.2, -0.15) is 0 Å². The molecule has 1 saturated heterocycles. The van der Waals surface area contributed by atoms with E-state index in [-0.39, 0.29) is 11.1 Å². The third-order valence-electron chi connectivity index (χ3n) is 5.77. The summed E-state index contributed by atoms with van der Waals surface area (Å²) < 4.78 is 5.62. The second-order valence-corrected chi connectivity index (χ2v) is 10.4. The number of rotatable bonds is 4. The maximum Gasteiger partial charge on any atom is 0.270 e. The van der Waals surface area contributed by atoms with Crippen LogP contribution in [0, 0.1) is 6.57 Å². The number of hydrogen-bond acceptors (Lipinski definition) is 7. The topological polar surface area (TPSA) is 67.5 Å². The molecule has 162 valence electrons. The van der Waals surface area contributed by atoms with Crippen LogP contribution in [-0.4, -0.2) is 46.5 Å². The smallest absolute Gasteiger partial charge is 0.270 e. The Morgan fingerprint density at radius 2 is 1.87 bits per heavy atom. The molecule has 1 aliphatic heterocycles. The lowest BCUT2D eigenvalue weighted by molar-refractivity contribution is 0.161. The van der Waals surface area contributed by atoms with Gasteiger partial charge in [0, 0.05) is 35.6 Å². The van der Waals surface area contributed by atoms with Crippen LogP contribution in [0.3, 0.4) is 0 Å². The van der Waals surface area contributed by atoms with Crippen molar-refractivity contribution in [2.24, 2.45) is 0 Å². The first-order chi connectivity index (χ1) is 14.6. The lowest BCUT2D eigenvalue weighted by atomic mass is 9.79. The molecule has 3 aromatic rings. The van der Waals surface area contributed by atoms with Gasteiger partial charge in [0.05, 0.1) is 12.7 Å². The Morgan fingerprint density at radius 3 is 2.52 bits per heavy atom. The summed E-state index contributed by atoms with van der Waals surface area (Å²) in [6, 6.07) is 7.89. The Kier molecular flexibility index (Phi) is 5.36. The van der Waals surface area contributed by atoms with Gasteiger partial charge in [0.25, 0.3) is 5.82 Å². The van der Waals surface area contributed by atoms with Crippen molar-refractivity contribution in [3.05, 3.63) is 35.7 Å². The van der Waals surface area contributed by atoms with Gasteiger partial charge in [-0.05, 0) is 52.7 Å². The highest BCUT2D eigenvalue weighted by molar-refractivity contribution is 7.18. The summed E-state index contributed by atoms with van der Waals surface area (Å²) in [6.45, 7) is 16.2. The van der Waals surface area contributed by atoms with Crippen LogP contribution in [0.15, 0.2) is 24.3 Å². The molecule has 1 aromatic carbocycles. The molecule has 3 heterocycles. The van der Waals surface area contributed by atoms with E-state index in [4.69, 9.17) is 11.3 Å². The fourth-order valence-corrected chi connectivity index (χ4v) is 5.60. The number of anilines is 1. The normalized spacial score (nSPS) is 18.0. The van der Waals surface area contributed by atoms with Crippen LogP contribution < -0.4 is 15.0 Å². The second kappa shape index (κ2) is 7.74. The number of methoxy groups -OCH3 is 1. The number of hydrogen-bond donors (Lipinski definition) is 1. The van der Waals surface area contributed by atoms with Gasteiger partial charge in [0.15, 0.2) is 10.5 Å². The number of benzene rings is 1. The van der Waals surface area contributed by atoms with Crippen LogP contribution >= 0.6 is 11.3 Å². The van der Waals surface area contributed by atoms with Crippen LogP contribution in [0.25, 0.3) is 26.3 Å². The zero-order chi connectivity index (χ0) is 22.4. The van der Waals surface area contributed by atoms with Crippen LogP contribution in [-0.2, 0) is 0 Å². The molecule has 8 heteroatoms. The number of piperidine rings is 1. The van der Waals surface area contributed by atoms with E-state index in [2.05, 4.69) is 65.0 Å². The van der Waals surface area contributed by atoms with Gasteiger partial charge in [0.2, 0.25) is 5.13 Å². The van der Waals surface area contributed by atoms with E-state index >= 15 is 0 Å². The molecule has 0 saturated carbocycles. The molecule has 7 nitrogen and oxygen atoms in total. The molecule has 0 unspecified atom stereocenters. The molecule has 4 rings (SSSR count). The summed E-state index contributed by atoms with van der Waals surface area (Å²) in [7, 11) is 3.75. The van der Waals surface area contributed by atoms with E-state index in [0.717, 1.165) is 39.4 Å². The SMILES string of the molecule is [C-]#[N+]c1ccc2cc(-c3nnc(N(C)C4CC(C)(C)NC(C)(C)C4)s3)c(OC)cc2n1. The highest BCUT2D eigenvalue weighted by atomic mass is 32.1. The molecule has 0 spiro atoms. The fraction of sp³-hybridized carbons (Fsp3) is 0.478. The standard InChI is InChI=1S/C23H28N6OS/c1-22(2)12-15(13-23(3,4)28-22)29(6)21-27-26-20(31-21)16-10-14-8-9-19(24-5)25-17(14)11-18(16)30-7/h8-11,15,28H,12-13H2,1-4,6-7H3. The average molecular weight is 437 g/mol. The van der Waals surface area contributed by atoms with Crippen molar-refractivity contribution in [3.8, 4) is 16.3 Å². The lowest BCUT2D eigenvalue weighted by Crippen LogP contribution is -2.61. The monoisotopic (exact) mass is 436 g/mol. The van der Waals surface area contributed by atoms with Gasteiger partial charge in [-0.3, -0.25) is 0 Å². The quantitative estimate of drug-likeness (QED) is 0.577. The van der Waals surface area contributed by atoms with E-state index < -0.39 is 0 Å². The third-order valence-corrected chi connectivity index (χ3v) is 6.82. The number of ether oxygens (including phenoxy) is 1. The zero-order valence-electron chi connectivity index (χ0n) is 18.9. The van der Waals surface area contributed by atoms with Crippen molar-refractivity contribution >= 4 is 33.2 Å². The first kappa shape index (κ1) is 21.5. The summed E-state index contributed by atoms with van der Waals surface area (Å²) in [5.74, 6) is 1.05. The lowest BCUT2D eigenvalue weighted by Gasteiger charge is -2.48. The fourth-order valence-electron chi connectivity index (χ4n) is 4.70. The van der Waals surface area contributed by atoms with Crippen molar-refractivity contribution < 1.29 is 4.74 Å². The minimum Gasteiger partial charge on any atom is -0.496 e. The number of aromatic nitrogens is 3. The molecule has 0 atom stereocenters. The molecule has 0 amide bonds. The minimum atomic E-state index is 0.0624. The van der Waals surface area contributed by atoms with Crippen molar-refractivity contribution in [2.45, 2.75) is 57.7 Å². The minimum absolute atomic E-state index is 0.0624. The molecular formula is C23H28N6OS. The number of nitrogens with one attached hydrogen (secondary N) is 1. The van der Waals surface area contributed by atoms with Gasteiger partial charge >= 0.3 is 0 Å². The summed E-state index contributed by atoms with van der Waals surface area (Å²) in [4.78, 5) is 10.1. The summed E-state index contributed by atoms with van der Waals surface area (Å²) in [5.41, 5.74) is 1.74. The van der Waals surface area contributed by atoms with E-state index in [0.29, 0.717) is 17.6 Å². The highest BCUT2D eigenvalue weighted by Gasteiger charge is 2.39. The van der Waals surface area contributed by atoms with Crippen LogP contribution in [0.4, 0.5) is 10.9 Å². The second-order valence-electron chi connectivity index (χ2n) is 9.48. The largest absolute Gasteiger partial charge is 0.496 e. The maximum atomic E-state index is 7.18. The van der Waals surface area contributed by atoms with Crippen molar-refractivity contribution in [1.29, 1.82) is 0 Å². The van der Waals surface area contributed by atoms with E-state index in [9.17, 15) is 0 Å². The predicted octanol–water partition coefficient (Wildman–Crippen LogP) is 5.06. The van der Waals surface area contributed by atoms with Gasteiger partial charge in [-0.25, -0.2) is 0 Å². The van der Waals surface area contributed by atoms with Crippen molar-refractivity contribution in [1.82, 2.24) is 20.5 Å². The van der Waals surface area contributed by atoms with Gasteiger partial charge in [-0.15, -0.1) is 15.2 Å². The van der Waals surface area contributed by atoms with Crippen molar-refractivity contribution in [2.75, 3.05) is 19.1 Å². The predicted molar refractivity (Wildman–Crippen MR) is 126 cm³/mol. The molecule has 0 bridgehead atoms. The van der Waals surface area contributed by atoms with Gasteiger partial charge in [0.1, 0.15) is 5.75 Å². The first-order valence-corrected chi connectivity index (χ1v) is 11.1. The summed E-state index contributed by atoms with van der Waals surface area (Å²) >= 11 is 1.57. The molecular weight excluding hydrogens is 408 g/mol. The summed E-state index contributed by atoms with van der Waals surface area (Å²) in [5, 5.41) is 15.4. The molecule has 1 aliphatic rings. The Morgan fingerprint density at radius 1 is 1.16 bits per heavy atom. The van der Waals surface area contributed by atoms with E-state index in [1.165, 1.54) is 0 Å². The third kappa shape index (κ3) is 4.34. The molecule has 1 N–H and O–H groups in total. The molecule has 31 heavy (non-hydrogen) atoms. The van der Waals surface area contributed by atoms with Gasteiger partial charge < -0.3 is 19.8 Å². The maximum absolute atomic E-state index is 7.18. The Balaban J connectivity index is 1.67. The Hall–Kier alpha value is -2.76. The van der Waals surface area contributed by atoms with Crippen LogP contribution in [0.1, 0.15) is 40.5 Å². The first-order valence-electron chi connectivity index (χ1n) is 10.3. The van der Waals surface area contributed by atoms with Crippen LogP contribution in [0.5, 0.6) is 5.75 Å². The Bertz CT molecular complexity index is 1150. The average Bonchev–Trinajstić information content (AvgIpc) is 3.19. The van der Waals surface area contributed by atoms with Gasteiger partial charge in [-0.1, -0.05) is 24.0 Å². The summed E-state index contributed by atoms with van der Waals surface area (Å²) in [6.07, 6.45) is 2.08. The van der Waals surface area contributed by atoms with Crippen molar-refractivity contribution in [3.63, 3.8) is 0 Å². The molecule has 1 fully saturated rings. The number of nitrogens with zero attached hydrogens (tertiary/aromatic N) is 5. The van der Waals surface area contributed by atoms with Crippen LogP contribution in [0.2, 0.25) is 0 Å². The Labute approximate surface area is 187 Å². The molecule has 0 radical (unpaired) electrons. The molecule has 2 aromatic heterocycles. The number of pyridine rings is 1. The highest BCUT2D eigenvalue weighted by Crippen LogP contribution is 2.39. The van der Waals surface area contributed by atoms with E-state index in [1.807, 2.05) is 18.2 Å². The number of fused-ring (bicyclic) bond motifs is 1. The van der Waals surface area contributed by atoms with E-state index in [1.54, 1.807) is 24.5 Å².